The van der Waals surface area contributed by atoms with E-state index in [-0.39, 0.29) is 5.54 Å². The predicted octanol–water partition coefficient (Wildman–Crippen LogP) is 3.32. The van der Waals surface area contributed by atoms with E-state index in [1.54, 1.807) is 5.57 Å². The van der Waals surface area contributed by atoms with E-state index in [4.69, 9.17) is 0 Å². The van der Waals surface area contributed by atoms with E-state index >= 15 is 0 Å². The normalized spacial score (nSPS) is 36.6. The molecule has 2 bridgehead atoms. The standard InChI is InChI=1S/C17H19N/c1-11-6-5-9-14-16(11)15-10-12-7-3-4-8-13(12)17(14,2)18-15/h3-5,7-9,11,15,18H,6,10H2,1-2H3. The van der Waals surface area contributed by atoms with Gasteiger partial charge < -0.3 is 0 Å². The Hall–Kier alpha value is -1.34. The highest BCUT2D eigenvalue weighted by Crippen LogP contribution is 2.49. The lowest BCUT2D eigenvalue weighted by molar-refractivity contribution is 0.398. The third-order valence-corrected chi connectivity index (χ3v) is 4.97. The molecule has 0 fully saturated rings. The third-order valence-electron chi connectivity index (χ3n) is 4.97. The van der Waals surface area contributed by atoms with Crippen LogP contribution in [-0.4, -0.2) is 6.04 Å². The Morgan fingerprint density at radius 2 is 2.11 bits per heavy atom. The molecule has 0 amide bonds. The fourth-order valence-electron chi connectivity index (χ4n) is 4.16. The van der Waals surface area contributed by atoms with Gasteiger partial charge in [-0.25, -0.2) is 0 Å². The van der Waals surface area contributed by atoms with E-state index < -0.39 is 0 Å². The summed E-state index contributed by atoms with van der Waals surface area (Å²) in [4.78, 5) is 0. The number of fused-ring (bicyclic) bond motifs is 6. The van der Waals surface area contributed by atoms with E-state index in [2.05, 4.69) is 55.6 Å². The fourth-order valence-corrected chi connectivity index (χ4v) is 4.16. The average Bonchev–Trinajstić information content (AvgIpc) is 2.61. The molecule has 0 spiro atoms. The van der Waals surface area contributed by atoms with Gasteiger partial charge in [-0.05, 0) is 48.0 Å². The molecule has 92 valence electrons. The lowest BCUT2D eigenvalue weighted by atomic mass is 9.79. The summed E-state index contributed by atoms with van der Waals surface area (Å²) in [5.74, 6) is 0.693. The van der Waals surface area contributed by atoms with Gasteiger partial charge in [0.05, 0.1) is 5.54 Å². The molecule has 1 nitrogen and oxygen atoms in total. The van der Waals surface area contributed by atoms with E-state index in [0.29, 0.717) is 12.0 Å². The maximum Gasteiger partial charge on any atom is 0.0669 e. The lowest BCUT2D eigenvalue weighted by Gasteiger charge is -2.35. The molecule has 2 aliphatic heterocycles. The molecule has 3 unspecified atom stereocenters. The fraction of sp³-hybridized carbons (Fsp3) is 0.412. The second-order valence-corrected chi connectivity index (χ2v) is 6.09. The molecular weight excluding hydrogens is 218 g/mol. The molecule has 0 radical (unpaired) electrons. The van der Waals surface area contributed by atoms with Gasteiger partial charge in [0.25, 0.3) is 0 Å². The molecule has 3 aliphatic rings. The number of hydrogen-bond acceptors (Lipinski definition) is 1. The zero-order chi connectivity index (χ0) is 12.3. The summed E-state index contributed by atoms with van der Waals surface area (Å²) in [5.41, 5.74) is 6.25. The van der Waals surface area contributed by atoms with Crippen LogP contribution in [0.4, 0.5) is 0 Å². The molecule has 1 aliphatic carbocycles. The highest BCUT2D eigenvalue weighted by atomic mass is 15.1. The van der Waals surface area contributed by atoms with E-state index in [1.165, 1.54) is 23.1 Å². The summed E-state index contributed by atoms with van der Waals surface area (Å²) < 4.78 is 0. The predicted molar refractivity (Wildman–Crippen MR) is 74.4 cm³/mol. The number of allylic oxidation sites excluding steroid dienone is 1. The molecular formula is C17H19N. The van der Waals surface area contributed by atoms with Crippen molar-refractivity contribution in [3.8, 4) is 0 Å². The van der Waals surface area contributed by atoms with Crippen LogP contribution in [0.2, 0.25) is 0 Å². The van der Waals surface area contributed by atoms with Crippen molar-refractivity contribution in [2.24, 2.45) is 5.92 Å². The maximum absolute atomic E-state index is 3.87. The Kier molecular flexibility index (Phi) is 1.97. The van der Waals surface area contributed by atoms with Crippen LogP contribution in [0.15, 0.2) is 47.6 Å². The van der Waals surface area contributed by atoms with Gasteiger partial charge in [-0.1, -0.05) is 43.3 Å². The van der Waals surface area contributed by atoms with E-state index in [1.807, 2.05) is 0 Å². The van der Waals surface area contributed by atoms with Crippen molar-refractivity contribution in [2.45, 2.75) is 38.3 Å². The first-order valence-corrected chi connectivity index (χ1v) is 6.97. The molecule has 0 aromatic heterocycles. The van der Waals surface area contributed by atoms with Crippen LogP contribution >= 0.6 is 0 Å². The summed E-state index contributed by atoms with van der Waals surface area (Å²) >= 11 is 0. The molecule has 0 saturated heterocycles. The smallest absolute Gasteiger partial charge is 0.0669 e. The van der Waals surface area contributed by atoms with Crippen molar-refractivity contribution in [1.82, 2.24) is 5.32 Å². The van der Waals surface area contributed by atoms with Gasteiger partial charge in [0.1, 0.15) is 0 Å². The highest BCUT2D eigenvalue weighted by molar-refractivity contribution is 5.56. The Morgan fingerprint density at radius 1 is 1.28 bits per heavy atom. The van der Waals surface area contributed by atoms with Gasteiger partial charge >= 0.3 is 0 Å². The Labute approximate surface area is 109 Å². The zero-order valence-electron chi connectivity index (χ0n) is 11.0. The molecule has 1 aromatic carbocycles. The van der Waals surface area contributed by atoms with Gasteiger partial charge in [0, 0.05) is 6.04 Å². The van der Waals surface area contributed by atoms with Crippen molar-refractivity contribution >= 4 is 0 Å². The minimum atomic E-state index is 0.0417. The molecule has 1 heteroatoms. The molecule has 18 heavy (non-hydrogen) atoms. The largest absolute Gasteiger partial charge is 0.297 e. The van der Waals surface area contributed by atoms with Gasteiger partial charge in [-0.3, -0.25) is 5.32 Å². The number of rotatable bonds is 0. The first-order valence-electron chi connectivity index (χ1n) is 6.97. The topological polar surface area (TPSA) is 12.0 Å². The molecule has 1 N–H and O–H groups in total. The van der Waals surface area contributed by atoms with Crippen molar-refractivity contribution in [3.63, 3.8) is 0 Å². The van der Waals surface area contributed by atoms with Crippen molar-refractivity contribution in [3.05, 3.63) is 58.7 Å². The first kappa shape index (κ1) is 10.6. The van der Waals surface area contributed by atoms with Crippen molar-refractivity contribution < 1.29 is 0 Å². The molecule has 4 rings (SSSR count). The second kappa shape index (κ2) is 3.36. The van der Waals surface area contributed by atoms with Crippen LogP contribution in [0.1, 0.15) is 31.4 Å². The number of nitrogens with one attached hydrogen (secondary N) is 1. The summed E-state index contributed by atoms with van der Waals surface area (Å²) in [5, 5.41) is 3.87. The van der Waals surface area contributed by atoms with Crippen LogP contribution in [0, 0.1) is 5.92 Å². The van der Waals surface area contributed by atoms with Gasteiger partial charge in [0.15, 0.2) is 0 Å². The Bertz CT molecular complexity index is 581. The van der Waals surface area contributed by atoms with Crippen molar-refractivity contribution in [1.29, 1.82) is 0 Å². The lowest BCUT2D eigenvalue weighted by Crippen LogP contribution is -2.46. The number of benzene rings is 1. The number of hydrogen-bond donors (Lipinski definition) is 1. The summed E-state index contributed by atoms with van der Waals surface area (Å²) in [6.45, 7) is 4.72. The van der Waals surface area contributed by atoms with Gasteiger partial charge in [0.2, 0.25) is 0 Å². The van der Waals surface area contributed by atoms with Gasteiger partial charge in [-0.15, -0.1) is 0 Å². The SMILES string of the molecule is CC1CC=CC2=C1C1Cc3ccccc3C2(C)N1. The molecule has 1 aromatic rings. The van der Waals surface area contributed by atoms with Crippen molar-refractivity contribution in [2.75, 3.05) is 0 Å². The summed E-state index contributed by atoms with van der Waals surface area (Å²) in [7, 11) is 0. The zero-order valence-corrected chi connectivity index (χ0v) is 11.0. The monoisotopic (exact) mass is 237 g/mol. The van der Waals surface area contributed by atoms with Crippen LogP contribution in [0.5, 0.6) is 0 Å². The summed E-state index contributed by atoms with van der Waals surface area (Å²) in [6.07, 6.45) is 7.07. The van der Waals surface area contributed by atoms with E-state index in [0.717, 1.165) is 6.42 Å². The van der Waals surface area contributed by atoms with Gasteiger partial charge in [-0.2, -0.15) is 0 Å². The highest BCUT2D eigenvalue weighted by Gasteiger charge is 2.47. The minimum Gasteiger partial charge on any atom is -0.297 e. The second-order valence-electron chi connectivity index (χ2n) is 6.09. The average molecular weight is 237 g/mol. The van der Waals surface area contributed by atoms with Crippen LogP contribution < -0.4 is 5.32 Å². The Morgan fingerprint density at radius 3 is 3.00 bits per heavy atom. The van der Waals surface area contributed by atoms with E-state index in [9.17, 15) is 0 Å². The third kappa shape index (κ3) is 1.16. The molecule has 0 saturated carbocycles. The molecule has 3 atom stereocenters. The van der Waals surface area contributed by atoms with Crippen LogP contribution in [0.25, 0.3) is 0 Å². The summed E-state index contributed by atoms with van der Waals surface area (Å²) in [6, 6.07) is 9.49. The first-order chi connectivity index (χ1) is 8.70. The Balaban J connectivity index is 1.97. The van der Waals surface area contributed by atoms with Crippen LogP contribution in [0.3, 0.4) is 0 Å². The molecule has 2 heterocycles. The minimum absolute atomic E-state index is 0.0417. The maximum atomic E-state index is 3.87. The van der Waals surface area contributed by atoms with Crippen LogP contribution in [-0.2, 0) is 12.0 Å². The quantitative estimate of drug-likeness (QED) is 0.730.